The molecular weight excluding hydrogens is 247 g/mol. The van der Waals surface area contributed by atoms with Gasteiger partial charge < -0.3 is 10.1 Å². The number of para-hydroxylation sites is 1. The molecule has 0 saturated heterocycles. The average molecular weight is 256 g/mol. The Bertz CT molecular complexity index is 752. The maximum Gasteiger partial charge on any atom is 0.218 e. The van der Waals surface area contributed by atoms with Gasteiger partial charge in [-0.05, 0) is 18.2 Å². The van der Waals surface area contributed by atoms with Crippen molar-refractivity contribution in [3.05, 3.63) is 48.4 Å². The van der Waals surface area contributed by atoms with E-state index in [-0.39, 0.29) is 17.1 Å². The van der Waals surface area contributed by atoms with Crippen molar-refractivity contribution < 1.29 is 9.50 Å². The van der Waals surface area contributed by atoms with Crippen LogP contribution in [0.15, 0.2) is 52.8 Å². The van der Waals surface area contributed by atoms with Gasteiger partial charge in [0.25, 0.3) is 0 Å². The van der Waals surface area contributed by atoms with Crippen LogP contribution in [0, 0.1) is 5.82 Å². The van der Waals surface area contributed by atoms with Crippen LogP contribution in [0.4, 0.5) is 15.9 Å². The molecule has 0 unspecified atom stereocenters. The minimum Gasteiger partial charge on any atom is -0.493 e. The molecular formula is C13H9FN4O. The number of aromatic hydroxyl groups is 1. The summed E-state index contributed by atoms with van der Waals surface area (Å²) in [7, 11) is 0. The van der Waals surface area contributed by atoms with E-state index < -0.39 is 5.82 Å². The van der Waals surface area contributed by atoms with Crippen molar-refractivity contribution in [3.63, 3.8) is 0 Å². The van der Waals surface area contributed by atoms with Crippen molar-refractivity contribution >= 4 is 22.4 Å². The fourth-order valence-electron chi connectivity index (χ4n) is 1.77. The second-order valence-corrected chi connectivity index (χ2v) is 3.87. The Labute approximate surface area is 107 Å². The molecule has 2 heterocycles. The number of nitrogens with zero attached hydrogens (tertiary/aromatic N) is 3. The van der Waals surface area contributed by atoms with Gasteiger partial charge in [-0.3, -0.25) is 0 Å². The maximum absolute atomic E-state index is 13.5. The molecule has 0 bridgehead atoms. The van der Waals surface area contributed by atoms with Crippen LogP contribution in [0.3, 0.4) is 0 Å². The molecule has 0 radical (unpaired) electrons. The van der Waals surface area contributed by atoms with E-state index in [1.165, 1.54) is 6.07 Å². The largest absolute Gasteiger partial charge is 0.493 e. The number of aromatic amines is 1. The second-order valence-electron chi connectivity index (χ2n) is 3.87. The number of rotatable bonds is 2. The number of pyridine rings is 1. The van der Waals surface area contributed by atoms with E-state index in [1.54, 1.807) is 36.5 Å². The summed E-state index contributed by atoms with van der Waals surface area (Å²) in [6.07, 6.45) is 1.59. The lowest BCUT2D eigenvalue weighted by atomic mass is 10.2. The van der Waals surface area contributed by atoms with Crippen LogP contribution < -0.4 is 0 Å². The highest BCUT2D eigenvalue weighted by atomic mass is 19.1. The standard InChI is InChI=1S/C13H9FN4O/c14-9-5-3-4-8-11(9)16-13(19)12(8)18-17-10-6-1-2-7-15-10/h1-7,16,19H. The quantitative estimate of drug-likeness (QED) is 0.684. The Kier molecular flexibility index (Phi) is 2.68. The number of nitrogens with one attached hydrogen (secondary N) is 1. The van der Waals surface area contributed by atoms with Crippen LogP contribution in [0.1, 0.15) is 0 Å². The number of halogens is 1. The first-order valence-corrected chi connectivity index (χ1v) is 5.57. The van der Waals surface area contributed by atoms with Gasteiger partial charge in [0.1, 0.15) is 5.82 Å². The highest BCUT2D eigenvalue weighted by molar-refractivity contribution is 5.94. The highest BCUT2D eigenvalue weighted by Crippen LogP contribution is 2.36. The summed E-state index contributed by atoms with van der Waals surface area (Å²) in [6.45, 7) is 0. The summed E-state index contributed by atoms with van der Waals surface area (Å²) in [4.78, 5) is 6.52. The zero-order chi connectivity index (χ0) is 13.2. The third-order valence-electron chi connectivity index (χ3n) is 2.64. The van der Waals surface area contributed by atoms with Crippen LogP contribution in [-0.2, 0) is 0 Å². The summed E-state index contributed by atoms with van der Waals surface area (Å²) < 4.78 is 13.5. The molecule has 0 aliphatic heterocycles. The first-order valence-electron chi connectivity index (χ1n) is 5.57. The summed E-state index contributed by atoms with van der Waals surface area (Å²) in [5.41, 5.74) is 0.398. The van der Waals surface area contributed by atoms with E-state index in [9.17, 15) is 9.50 Å². The second kappa shape index (κ2) is 4.49. The Balaban J connectivity index is 2.09. The molecule has 5 nitrogen and oxygen atoms in total. The zero-order valence-electron chi connectivity index (χ0n) is 9.71. The molecule has 0 atom stereocenters. The molecule has 0 aliphatic rings. The minimum atomic E-state index is -0.452. The number of hydrogen-bond donors (Lipinski definition) is 2. The smallest absolute Gasteiger partial charge is 0.218 e. The molecule has 94 valence electrons. The number of H-pyrrole nitrogens is 1. The van der Waals surface area contributed by atoms with Gasteiger partial charge in [0.05, 0.1) is 5.52 Å². The van der Waals surface area contributed by atoms with E-state index in [1.807, 2.05) is 0 Å². The van der Waals surface area contributed by atoms with Gasteiger partial charge >= 0.3 is 0 Å². The Hall–Kier alpha value is -2.76. The lowest BCUT2D eigenvalue weighted by molar-refractivity contribution is 0.459. The van der Waals surface area contributed by atoms with Crippen LogP contribution in [0.5, 0.6) is 5.88 Å². The molecule has 1 aromatic carbocycles. The molecule has 0 spiro atoms. The van der Waals surface area contributed by atoms with E-state index in [0.29, 0.717) is 11.2 Å². The predicted octanol–water partition coefficient (Wildman–Crippen LogP) is 3.82. The van der Waals surface area contributed by atoms with Crippen molar-refractivity contribution in [2.24, 2.45) is 10.2 Å². The third-order valence-corrected chi connectivity index (χ3v) is 2.64. The monoisotopic (exact) mass is 256 g/mol. The number of aromatic nitrogens is 2. The zero-order valence-corrected chi connectivity index (χ0v) is 9.71. The molecule has 2 N–H and O–H groups in total. The first-order chi connectivity index (χ1) is 9.25. The average Bonchev–Trinajstić information content (AvgIpc) is 2.75. The van der Waals surface area contributed by atoms with Gasteiger partial charge in [-0.2, -0.15) is 0 Å². The summed E-state index contributed by atoms with van der Waals surface area (Å²) in [6, 6.07) is 9.72. The molecule has 19 heavy (non-hydrogen) atoms. The first kappa shape index (κ1) is 11.3. The van der Waals surface area contributed by atoms with Crippen molar-refractivity contribution in [2.75, 3.05) is 0 Å². The van der Waals surface area contributed by atoms with Crippen molar-refractivity contribution in [2.45, 2.75) is 0 Å². The molecule has 3 rings (SSSR count). The number of benzene rings is 1. The van der Waals surface area contributed by atoms with Crippen LogP contribution >= 0.6 is 0 Å². The SMILES string of the molecule is Oc1[nH]c2c(F)cccc2c1N=Nc1ccccn1. The third kappa shape index (κ3) is 2.03. The van der Waals surface area contributed by atoms with E-state index in [4.69, 9.17) is 0 Å². The predicted molar refractivity (Wildman–Crippen MR) is 68.3 cm³/mol. The van der Waals surface area contributed by atoms with E-state index >= 15 is 0 Å². The Morgan fingerprint density at radius 2 is 2.00 bits per heavy atom. The molecule has 3 aromatic rings. The summed E-state index contributed by atoms with van der Waals surface area (Å²) >= 11 is 0. The Morgan fingerprint density at radius 3 is 2.79 bits per heavy atom. The fraction of sp³-hybridized carbons (Fsp3) is 0. The minimum absolute atomic E-state index is 0.195. The molecule has 0 saturated carbocycles. The van der Waals surface area contributed by atoms with Gasteiger partial charge in [-0.25, -0.2) is 9.37 Å². The topological polar surface area (TPSA) is 73.6 Å². The number of hydrogen-bond acceptors (Lipinski definition) is 4. The lowest BCUT2D eigenvalue weighted by Crippen LogP contribution is -1.74. The van der Waals surface area contributed by atoms with Crippen molar-refractivity contribution in [1.29, 1.82) is 0 Å². The van der Waals surface area contributed by atoms with Gasteiger partial charge in [0.15, 0.2) is 11.5 Å². The molecule has 0 amide bonds. The van der Waals surface area contributed by atoms with Crippen molar-refractivity contribution in [3.8, 4) is 5.88 Å². The number of fused-ring (bicyclic) bond motifs is 1. The normalized spacial score (nSPS) is 11.4. The highest BCUT2D eigenvalue weighted by Gasteiger charge is 2.12. The fourth-order valence-corrected chi connectivity index (χ4v) is 1.77. The lowest BCUT2D eigenvalue weighted by Gasteiger charge is -1.92. The molecule has 0 fully saturated rings. The number of azo groups is 1. The van der Waals surface area contributed by atoms with Crippen LogP contribution in [0.2, 0.25) is 0 Å². The molecule has 2 aromatic heterocycles. The summed E-state index contributed by atoms with van der Waals surface area (Å²) in [5.74, 6) is -0.264. The van der Waals surface area contributed by atoms with E-state index in [0.717, 1.165) is 0 Å². The maximum atomic E-state index is 13.5. The van der Waals surface area contributed by atoms with Gasteiger partial charge in [0, 0.05) is 11.6 Å². The van der Waals surface area contributed by atoms with Crippen LogP contribution in [0.25, 0.3) is 10.9 Å². The Morgan fingerprint density at radius 1 is 1.11 bits per heavy atom. The van der Waals surface area contributed by atoms with E-state index in [2.05, 4.69) is 20.2 Å². The van der Waals surface area contributed by atoms with Crippen LogP contribution in [-0.4, -0.2) is 15.1 Å². The van der Waals surface area contributed by atoms with Gasteiger partial charge in [-0.15, -0.1) is 10.2 Å². The molecule has 6 heteroatoms. The van der Waals surface area contributed by atoms with Gasteiger partial charge in [-0.1, -0.05) is 18.2 Å². The van der Waals surface area contributed by atoms with Gasteiger partial charge in [0.2, 0.25) is 5.88 Å². The summed E-state index contributed by atoms with van der Waals surface area (Å²) in [5, 5.41) is 18.0. The molecule has 0 aliphatic carbocycles. The van der Waals surface area contributed by atoms with Crippen molar-refractivity contribution in [1.82, 2.24) is 9.97 Å².